The topological polar surface area (TPSA) is 99.8 Å². The van der Waals surface area contributed by atoms with Crippen molar-refractivity contribution in [1.82, 2.24) is 9.13 Å². The van der Waals surface area contributed by atoms with Crippen LogP contribution in [0.5, 0.6) is 5.75 Å². The molecule has 2 aliphatic heterocycles. The monoisotopic (exact) mass is 419 g/mol. The molecule has 0 N–H and O–H groups in total. The van der Waals surface area contributed by atoms with Gasteiger partial charge in [0, 0.05) is 25.3 Å². The van der Waals surface area contributed by atoms with Gasteiger partial charge in [-0.15, -0.1) is 0 Å². The van der Waals surface area contributed by atoms with Crippen molar-refractivity contribution in [3.05, 3.63) is 86.1 Å². The van der Waals surface area contributed by atoms with Crippen LogP contribution in [-0.4, -0.2) is 28.0 Å². The van der Waals surface area contributed by atoms with E-state index in [0.717, 1.165) is 4.57 Å². The van der Waals surface area contributed by atoms with Gasteiger partial charge in [-0.3, -0.25) is 23.6 Å². The molecule has 0 saturated carbocycles. The van der Waals surface area contributed by atoms with Gasteiger partial charge in [-0.25, -0.2) is 9.59 Å². The number of esters is 1. The van der Waals surface area contributed by atoms with Gasteiger partial charge in [0.1, 0.15) is 17.1 Å². The Morgan fingerprint density at radius 1 is 0.903 bits per heavy atom. The molecule has 1 unspecified atom stereocenters. The quantitative estimate of drug-likeness (QED) is 0.580. The fraction of sp³-hybridized carbons (Fsp3) is 0.182. The maximum absolute atomic E-state index is 13.8. The molecule has 1 aromatic heterocycles. The molecule has 5 rings (SSSR count). The van der Waals surface area contributed by atoms with Gasteiger partial charge in [-0.1, -0.05) is 18.2 Å². The second-order valence-corrected chi connectivity index (χ2v) is 7.35. The number of aromatic nitrogens is 2. The molecular weight excluding hydrogens is 402 g/mol. The minimum absolute atomic E-state index is 0.0627. The second kappa shape index (κ2) is 6.18. The van der Waals surface area contributed by atoms with E-state index >= 15 is 0 Å². The Labute approximate surface area is 175 Å². The molecule has 9 nitrogen and oxygen atoms in total. The van der Waals surface area contributed by atoms with Gasteiger partial charge in [0.05, 0.1) is 12.7 Å². The lowest BCUT2D eigenvalue weighted by molar-refractivity contribution is 0.00374. The molecule has 0 saturated heterocycles. The molecule has 9 heteroatoms. The van der Waals surface area contributed by atoms with Gasteiger partial charge in [-0.2, -0.15) is 0 Å². The molecular formula is C22H17N3O6. The average molecular weight is 419 g/mol. The third kappa shape index (κ3) is 2.20. The third-order valence-electron chi connectivity index (χ3n) is 5.78. The Kier molecular flexibility index (Phi) is 3.76. The number of rotatable bonds is 2. The van der Waals surface area contributed by atoms with Crippen molar-refractivity contribution in [2.45, 2.75) is 5.72 Å². The summed E-state index contributed by atoms with van der Waals surface area (Å²) >= 11 is 0. The van der Waals surface area contributed by atoms with E-state index in [2.05, 4.69) is 0 Å². The molecule has 2 aliphatic rings. The number of carbonyl (C=O) groups is 2. The first kappa shape index (κ1) is 18.9. The number of fused-ring (bicyclic) bond motifs is 3. The van der Waals surface area contributed by atoms with Crippen LogP contribution in [0.2, 0.25) is 0 Å². The Morgan fingerprint density at radius 2 is 1.58 bits per heavy atom. The van der Waals surface area contributed by atoms with Crippen LogP contribution in [0, 0.1) is 0 Å². The predicted molar refractivity (Wildman–Crippen MR) is 110 cm³/mol. The number of anilines is 2. The minimum Gasteiger partial charge on any atom is -0.497 e. The summed E-state index contributed by atoms with van der Waals surface area (Å²) in [5.41, 5.74) is -2.52. The highest BCUT2D eigenvalue weighted by Gasteiger charge is 2.63. The number of carbonyl (C=O) groups excluding carboxylic acids is 2. The molecule has 1 atom stereocenters. The van der Waals surface area contributed by atoms with Crippen LogP contribution in [-0.2, 0) is 24.6 Å². The summed E-state index contributed by atoms with van der Waals surface area (Å²) < 4.78 is 13.0. The number of nitrogens with zero attached hydrogens (tertiary/aromatic N) is 3. The van der Waals surface area contributed by atoms with Gasteiger partial charge < -0.3 is 9.47 Å². The first-order valence-electron chi connectivity index (χ1n) is 9.45. The number of ether oxygens (including phenoxy) is 2. The Morgan fingerprint density at radius 3 is 2.26 bits per heavy atom. The summed E-state index contributed by atoms with van der Waals surface area (Å²) in [5.74, 6) is -0.747. The first-order chi connectivity index (χ1) is 14.8. The van der Waals surface area contributed by atoms with Crippen LogP contribution in [0.1, 0.15) is 26.3 Å². The standard InChI is InChI=1S/C22H17N3O6/c1-23-18-16(19(27)24(2)21(23)29)17(26)22(15-7-5-4-6-14(15)20(28)31-22)25(18)12-8-10-13(30-3)11-9-12/h4-11H,1-3H3. The molecule has 1 spiro atoms. The summed E-state index contributed by atoms with van der Waals surface area (Å²) in [5, 5.41) is 0. The minimum atomic E-state index is -1.93. The lowest BCUT2D eigenvalue weighted by Crippen LogP contribution is -2.46. The van der Waals surface area contributed by atoms with Crippen molar-refractivity contribution < 1.29 is 19.1 Å². The van der Waals surface area contributed by atoms with Gasteiger partial charge in [-0.05, 0) is 30.3 Å². The van der Waals surface area contributed by atoms with Gasteiger partial charge in [0.25, 0.3) is 11.3 Å². The van der Waals surface area contributed by atoms with Crippen LogP contribution in [0.15, 0.2) is 58.1 Å². The fourth-order valence-corrected chi connectivity index (χ4v) is 4.28. The van der Waals surface area contributed by atoms with Crippen molar-refractivity contribution in [3.8, 4) is 5.75 Å². The van der Waals surface area contributed by atoms with Crippen molar-refractivity contribution in [3.63, 3.8) is 0 Å². The number of ketones is 1. The number of hydrogen-bond acceptors (Lipinski definition) is 7. The number of Topliss-reactive ketones (excluding diaryl/α,β-unsaturated/α-hetero) is 1. The number of benzene rings is 2. The maximum atomic E-state index is 13.8. The molecule has 2 aromatic carbocycles. The van der Waals surface area contributed by atoms with Crippen molar-refractivity contribution in [1.29, 1.82) is 0 Å². The molecule has 0 bridgehead atoms. The van der Waals surface area contributed by atoms with E-state index in [-0.39, 0.29) is 16.9 Å². The normalized spacial score (nSPS) is 18.9. The molecule has 0 radical (unpaired) electrons. The third-order valence-corrected chi connectivity index (χ3v) is 5.78. The first-order valence-corrected chi connectivity index (χ1v) is 9.45. The SMILES string of the molecule is COc1ccc(N2c3c(c(=O)n(C)c(=O)n3C)C(=O)C23OC(=O)c2ccccc23)cc1. The summed E-state index contributed by atoms with van der Waals surface area (Å²) in [6, 6.07) is 13.2. The van der Waals surface area contributed by atoms with E-state index < -0.39 is 28.7 Å². The van der Waals surface area contributed by atoms with E-state index in [4.69, 9.17) is 9.47 Å². The van der Waals surface area contributed by atoms with Gasteiger partial charge >= 0.3 is 11.7 Å². The smallest absolute Gasteiger partial charge is 0.341 e. The molecule has 0 aliphatic carbocycles. The Hall–Kier alpha value is -4.14. The molecule has 3 heterocycles. The predicted octanol–water partition coefficient (Wildman–Crippen LogP) is 1.45. The molecule has 156 valence electrons. The van der Waals surface area contributed by atoms with E-state index in [1.165, 1.54) is 30.7 Å². The van der Waals surface area contributed by atoms with Gasteiger partial charge in [0.2, 0.25) is 5.78 Å². The average Bonchev–Trinajstić information content (AvgIpc) is 3.23. The van der Waals surface area contributed by atoms with E-state index in [0.29, 0.717) is 17.0 Å². The second-order valence-electron chi connectivity index (χ2n) is 7.35. The Bertz CT molecular complexity index is 1400. The van der Waals surface area contributed by atoms with Crippen LogP contribution >= 0.6 is 0 Å². The van der Waals surface area contributed by atoms with E-state index in [1.807, 2.05) is 0 Å². The highest BCUT2D eigenvalue weighted by atomic mass is 16.6. The fourth-order valence-electron chi connectivity index (χ4n) is 4.28. The van der Waals surface area contributed by atoms with E-state index in [1.54, 1.807) is 48.5 Å². The number of hydrogen-bond donors (Lipinski definition) is 0. The van der Waals surface area contributed by atoms with Crippen molar-refractivity contribution >= 4 is 23.3 Å². The maximum Gasteiger partial charge on any atom is 0.341 e. The largest absolute Gasteiger partial charge is 0.497 e. The lowest BCUT2D eigenvalue weighted by Gasteiger charge is -2.34. The molecule has 3 aromatic rings. The van der Waals surface area contributed by atoms with Crippen molar-refractivity contribution in [2.24, 2.45) is 14.1 Å². The summed E-state index contributed by atoms with van der Waals surface area (Å²) in [6.45, 7) is 0. The van der Waals surface area contributed by atoms with Crippen LogP contribution in [0.4, 0.5) is 11.5 Å². The molecule has 0 fully saturated rings. The van der Waals surface area contributed by atoms with Crippen LogP contribution in [0.25, 0.3) is 0 Å². The van der Waals surface area contributed by atoms with Crippen LogP contribution in [0.3, 0.4) is 0 Å². The Balaban J connectivity index is 1.91. The van der Waals surface area contributed by atoms with Gasteiger partial charge in [0.15, 0.2) is 0 Å². The van der Waals surface area contributed by atoms with E-state index in [9.17, 15) is 19.2 Å². The molecule has 31 heavy (non-hydrogen) atoms. The lowest BCUT2D eigenvalue weighted by atomic mass is 9.95. The summed E-state index contributed by atoms with van der Waals surface area (Å²) in [4.78, 5) is 53.7. The van der Waals surface area contributed by atoms with Crippen LogP contribution < -0.4 is 20.9 Å². The zero-order valence-corrected chi connectivity index (χ0v) is 16.9. The molecule has 0 amide bonds. The zero-order valence-electron chi connectivity index (χ0n) is 16.9. The van der Waals surface area contributed by atoms with Crippen molar-refractivity contribution in [2.75, 3.05) is 12.0 Å². The highest BCUT2D eigenvalue weighted by Crippen LogP contribution is 2.52. The number of methoxy groups -OCH3 is 1. The zero-order chi connectivity index (χ0) is 22.1. The summed E-state index contributed by atoms with van der Waals surface area (Å²) in [6.07, 6.45) is 0. The highest BCUT2D eigenvalue weighted by molar-refractivity contribution is 6.18. The summed E-state index contributed by atoms with van der Waals surface area (Å²) in [7, 11) is 4.29.